The lowest BCUT2D eigenvalue weighted by atomic mass is 9.95. The minimum atomic E-state index is -0.278. The molecule has 0 radical (unpaired) electrons. The normalized spacial score (nSPS) is 18.4. The van der Waals surface area contributed by atoms with Gasteiger partial charge in [-0.15, -0.1) is 0 Å². The Balaban J connectivity index is 2.14. The largest absolute Gasteiger partial charge is 0.388 e. The van der Waals surface area contributed by atoms with Crippen molar-refractivity contribution in [1.29, 1.82) is 0 Å². The SMILES string of the molecule is CNc1cccc(C(C)=O)c1C/C=C/C1CCC(=O)NC1=O. The molecule has 1 aromatic rings. The van der Waals surface area contributed by atoms with Crippen LogP contribution in [0.15, 0.2) is 30.4 Å². The van der Waals surface area contributed by atoms with Crippen molar-refractivity contribution in [3.05, 3.63) is 41.5 Å². The summed E-state index contributed by atoms with van der Waals surface area (Å²) in [4.78, 5) is 34.5. The summed E-state index contributed by atoms with van der Waals surface area (Å²) in [5, 5.41) is 5.42. The molecule has 1 unspecified atom stereocenters. The molecule has 1 fully saturated rings. The smallest absolute Gasteiger partial charge is 0.233 e. The number of allylic oxidation sites excluding steroid dienone is 1. The van der Waals surface area contributed by atoms with Crippen LogP contribution in [0.2, 0.25) is 0 Å². The van der Waals surface area contributed by atoms with Crippen molar-refractivity contribution in [3.63, 3.8) is 0 Å². The molecular formula is C17H20N2O3. The molecule has 0 saturated carbocycles. The van der Waals surface area contributed by atoms with Crippen molar-refractivity contribution in [2.75, 3.05) is 12.4 Å². The third kappa shape index (κ3) is 3.61. The molecule has 0 bridgehead atoms. The van der Waals surface area contributed by atoms with Gasteiger partial charge in [0.15, 0.2) is 5.78 Å². The molecule has 2 N–H and O–H groups in total. The Kier molecular flexibility index (Phi) is 5.09. The second-order valence-electron chi connectivity index (χ2n) is 5.33. The molecule has 5 heteroatoms. The van der Waals surface area contributed by atoms with Crippen LogP contribution >= 0.6 is 0 Å². The van der Waals surface area contributed by atoms with Crippen LogP contribution in [0.4, 0.5) is 5.69 Å². The molecule has 1 atom stereocenters. The number of benzene rings is 1. The fourth-order valence-electron chi connectivity index (χ4n) is 2.61. The Bertz CT molecular complexity index is 635. The van der Waals surface area contributed by atoms with E-state index in [0.29, 0.717) is 24.8 Å². The number of Topliss-reactive ketones (excluding diaryl/α,β-unsaturated/α-hetero) is 1. The maximum absolute atomic E-state index is 11.7. The van der Waals surface area contributed by atoms with Gasteiger partial charge in [-0.1, -0.05) is 24.3 Å². The maximum atomic E-state index is 11.7. The predicted octanol–water partition coefficient (Wildman–Crippen LogP) is 2.08. The summed E-state index contributed by atoms with van der Waals surface area (Å²) in [6.45, 7) is 1.54. The number of hydrogen-bond donors (Lipinski definition) is 2. The van der Waals surface area contributed by atoms with Crippen LogP contribution in [0, 0.1) is 5.92 Å². The van der Waals surface area contributed by atoms with Gasteiger partial charge in [0.05, 0.1) is 5.92 Å². The average molecular weight is 300 g/mol. The van der Waals surface area contributed by atoms with Gasteiger partial charge in [-0.25, -0.2) is 0 Å². The first-order valence-electron chi connectivity index (χ1n) is 7.34. The number of amides is 2. The first kappa shape index (κ1) is 15.9. The lowest BCUT2D eigenvalue weighted by molar-refractivity contribution is -0.135. The van der Waals surface area contributed by atoms with Crippen molar-refractivity contribution < 1.29 is 14.4 Å². The van der Waals surface area contributed by atoms with Gasteiger partial charge in [0.2, 0.25) is 11.8 Å². The molecule has 1 aliphatic heterocycles. The first-order chi connectivity index (χ1) is 10.5. The Labute approximate surface area is 129 Å². The molecule has 1 heterocycles. The van der Waals surface area contributed by atoms with Crippen LogP contribution in [0.3, 0.4) is 0 Å². The number of carbonyl (C=O) groups excluding carboxylic acids is 3. The highest BCUT2D eigenvalue weighted by molar-refractivity contribution is 5.99. The molecule has 0 spiro atoms. The van der Waals surface area contributed by atoms with E-state index in [-0.39, 0.29) is 23.5 Å². The van der Waals surface area contributed by atoms with Crippen LogP contribution in [0.25, 0.3) is 0 Å². The zero-order chi connectivity index (χ0) is 16.1. The molecule has 2 amide bonds. The van der Waals surface area contributed by atoms with Gasteiger partial charge in [-0.3, -0.25) is 19.7 Å². The van der Waals surface area contributed by atoms with Gasteiger partial charge in [0, 0.05) is 24.7 Å². The van der Waals surface area contributed by atoms with Gasteiger partial charge in [-0.05, 0) is 31.4 Å². The highest BCUT2D eigenvalue weighted by Crippen LogP contribution is 2.22. The fraction of sp³-hybridized carbons (Fsp3) is 0.353. The molecule has 2 rings (SSSR count). The van der Waals surface area contributed by atoms with E-state index < -0.39 is 0 Å². The lowest BCUT2D eigenvalue weighted by Crippen LogP contribution is -2.39. The van der Waals surface area contributed by atoms with E-state index >= 15 is 0 Å². The van der Waals surface area contributed by atoms with E-state index in [1.807, 2.05) is 31.3 Å². The lowest BCUT2D eigenvalue weighted by Gasteiger charge is -2.17. The van der Waals surface area contributed by atoms with Crippen molar-refractivity contribution in [3.8, 4) is 0 Å². The summed E-state index contributed by atoms with van der Waals surface area (Å²) in [7, 11) is 1.81. The molecule has 116 valence electrons. The topological polar surface area (TPSA) is 75.3 Å². The number of rotatable bonds is 5. The van der Waals surface area contributed by atoms with Crippen molar-refractivity contribution in [2.45, 2.75) is 26.2 Å². The maximum Gasteiger partial charge on any atom is 0.233 e. The molecule has 0 aromatic heterocycles. The van der Waals surface area contributed by atoms with Crippen molar-refractivity contribution in [2.24, 2.45) is 5.92 Å². The Morgan fingerprint density at radius 1 is 1.41 bits per heavy atom. The number of ketones is 1. The van der Waals surface area contributed by atoms with Crippen LogP contribution in [0.5, 0.6) is 0 Å². The Hall–Kier alpha value is -2.43. The van der Waals surface area contributed by atoms with Crippen molar-refractivity contribution in [1.82, 2.24) is 5.32 Å². The number of imide groups is 1. The summed E-state index contributed by atoms with van der Waals surface area (Å²) in [5.41, 5.74) is 2.50. The Morgan fingerprint density at radius 2 is 2.18 bits per heavy atom. The van der Waals surface area contributed by atoms with E-state index in [9.17, 15) is 14.4 Å². The summed E-state index contributed by atoms with van der Waals surface area (Å²) in [6, 6.07) is 5.57. The fourth-order valence-corrected chi connectivity index (χ4v) is 2.61. The van der Waals surface area contributed by atoms with E-state index in [4.69, 9.17) is 0 Å². The molecule has 5 nitrogen and oxygen atoms in total. The quantitative estimate of drug-likeness (QED) is 0.496. The number of anilines is 1. The van der Waals surface area contributed by atoms with Crippen LogP contribution < -0.4 is 10.6 Å². The molecule has 1 aromatic carbocycles. The van der Waals surface area contributed by atoms with E-state index in [1.54, 1.807) is 13.0 Å². The van der Waals surface area contributed by atoms with Gasteiger partial charge in [0.25, 0.3) is 0 Å². The Morgan fingerprint density at radius 3 is 2.82 bits per heavy atom. The second kappa shape index (κ2) is 7.02. The predicted molar refractivity (Wildman–Crippen MR) is 84.7 cm³/mol. The zero-order valence-corrected chi connectivity index (χ0v) is 12.8. The highest BCUT2D eigenvalue weighted by atomic mass is 16.2. The van der Waals surface area contributed by atoms with Gasteiger partial charge in [0.1, 0.15) is 0 Å². The first-order valence-corrected chi connectivity index (χ1v) is 7.34. The number of nitrogens with one attached hydrogen (secondary N) is 2. The minimum Gasteiger partial charge on any atom is -0.388 e. The third-order valence-corrected chi connectivity index (χ3v) is 3.80. The summed E-state index contributed by atoms with van der Waals surface area (Å²) in [5.74, 6) is -0.725. The van der Waals surface area contributed by atoms with Crippen molar-refractivity contribution >= 4 is 23.3 Å². The van der Waals surface area contributed by atoms with Gasteiger partial charge < -0.3 is 5.32 Å². The molecule has 1 saturated heterocycles. The number of carbonyl (C=O) groups is 3. The molecule has 22 heavy (non-hydrogen) atoms. The number of piperidine rings is 1. The van der Waals surface area contributed by atoms with Gasteiger partial charge in [-0.2, -0.15) is 0 Å². The van der Waals surface area contributed by atoms with E-state index in [2.05, 4.69) is 10.6 Å². The van der Waals surface area contributed by atoms with Crippen LogP contribution in [0.1, 0.15) is 35.7 Å². The zero-order valence-electron chi connectivity index (χ0n) is 12.8. The standard InChI is InChI=1S/C17H20N2O3/c1-11(20)13-6-4-8-15(18-2)14(13)7-3-5-12-9-10-16(21)19-17(12)22/h3-6,8,12,18H,7,9-10H2,1-2H3,(H,19,21,22)/b5-3+. The summed E-state index contributed by atoms with van der Waals surface area (Å²) < 4.78 is 0. The number of hydrogen-bond acceptors (Lipinski definition) is 4. The summed E-state index contributed by atoms with van der Waals surface area (Å²) in [6.07, 6.45) is 5.17. The van der Waals surface area contributed by atoms with Gasteiger partial charge >= 0.3 is 0 Å². The second-order valence-corrected chi connectivity index (χ2v) is 5.33. The minimum absolute atomic E-state index is 0.0153. The van der Waals surface area contributed by atoms with E-state index in [1.165, 1.54) is 0 Å². The van der Waals surface area contributed by atoms with Crippen LogP contribution in [-0.2, 0) is 16.0 Å². The average Bonchev–Trinajstić information content (AvgIpc) is 2.49. The van der Waals surface area contributed by atoms with E-state index in [0.717, 1.165) is 11.3 Å². The van der Waals surface area contributed by atoms with Crippen LogP contribution in [-0.4, -0.2) is 24.6 Å². The molecular weight excluding hydrogens is 280 g/mol. The monoisotopic (exact) mass is 300 g/mol. The highest BCUT2D eigenvalue weighted by Gasteiger charge is 2.24. The molecule has 1 aliphatic rings. The molecule has 0 aliphatic carbocycles. The third-order valence-electron chi connectivity index (χ3n) is 3.80. The summed E-state index contributed by atoms with van der Waals surface area (Å²) >= 11 is 0.